The molecule has 4 nitrogen and oxygen atoms in total. The molecular weight excluding hydrogens is 447 g/mol. The maximum atomic E-state index is 13.6. The van der Waals surface area contributed by atoms with Crippen molar-refractivity contribution in [2.45, 2.75) is 19.3 Å². The molecule has 1 aliphatic heterocycles. The van der Waals surface area contributed by atoms with Crippen LogP contribution < -0.4 is 14.8 Å². The minimum Gasteiger partial charge on any atom is -0.497 e. The highest BCUT2D eigenvalue weighted by Crippen LogP contribution is 2.45. The molecule has 1 aromatic heterocycles. The summed E-state index contributed by atoms with van der Waals surface area (Å²) in [5.74, 6) is 1.45. The van der Waals surface area contributed by atoms with E-state index in [4.69, 9.17) is 9.47 Å². The standard InChI is InChI=1S/C28H29FN2O2S/c1-32-24-13-14-25-26(19-24)34-28(27(25)20-5-7-21(29)8-6-20)30-22-9-11-23(12-10-22)33-18-17-31-15-3-2-4-16-31/h5-14,19,30H,2-4,15-18H2,1H3. The second-order valence-electron chi connectivity index (χ2n) is 8.58. The number of hydrogen-bond donors (Lipinski definition) is 1. The highest BCUT2D eigenvalue weighted by atomic mass is 32.1. The van der Waals surface area contributed by atoms with Gasteiger partial charge in [0.25, 0.3) is 0 Å². The van der Waals surface area contributed by atoms with E-state index >= 15 is 0 Å². The zero-order valence-electron chi connectivity index (χ0n) is 19.4. The van der Waals surface area contributed by atoms with Crippen LogP contribution in [0.1, 0.15) is 19.3 Å². The average Bonchev–Trinajstić information content (AvgIpc) is 3.23. The average molecular weight is 477 g/mol. The number of rotatable bonds is 8. The maximum Gasteiger partial charge on any atom is 0.123 e. The third kappa shape index (κ3) is 5.18. The summed E-state index contributed by atoms with van der Waals surface area (Å²) < 4.78 is 26.1. The lowest BCUT2D eigenvalue weighted by Crippen LogP contribution is -2.33. The second-order valence-corrected chi connectivity index (χ2v) is 9.63. The molecule has 0 amide bonds. The molecule has 0 atom stereocenters. The maximum absolute atomic E-state index is 13.6. The van der Waals surface area contributed by atoms with Crippen molar-refractivity contribution < 1.29 is 13.9 Å². The zero-order chi connectivity index (χ0) is 23.3. The van der Waals surface area contributed by atoms with E-state index in [0.29, 0.717) is 6.61 Å². The van der Waals surface area contributed by atoms with Gasteiger partial charge in [0.2, 0.25) is 0 Å². The predicted octanol–water partition coefficient (Wildman–Crippen LogP) is 7.32. The Labute approximate surface area is 203 Å². The molecule has 0 aliphatic carbocycles. The molecule has 4 aromatic rings. The molecule has 0 unspecified atom stereocenters. The molecule has 0 spiro atoms. The van der Waals surface area contributed by atoms with Gasteiger partial charge in [0, 0.05) is 27.9 Å². The van der Waals surface area contributed by atoms with E-state index in [2.05, 4.69) is 16.3 Å². The van der Waals surface area contributed by atoms with Crippen LogP contribution in [-0.4, -0.2) is 38.3 Å². The first-order chi connectivity index (χ1) is 16.7. The molecule has 1 N–H and O–H groups in total. The molecule has 5 rings (SSSR count). The molecule has 34 heavy (non-hydrogen) atoms. The number of piperidine rings is 1. The Morgan fingerprint density at radius 2 is 1.65 bits per heavy atom. The topological polar surface area (TPSA) is 33.7 Å². The van der Waals surface area contributed by atoms with Gasteiger partial charge in [0.15, 0.2) is 0 Å². The van der Waals surface area contributed by atoms with Crippen molar-refractivity contribution >= 4 is 32.1 Å². The number of anilines is 2. The lowest BCUT2D eigenvalue weighted by molar-refractivity contribution is 0.183. The van der Waals surface area contributed by atoms with E-state index in [9.17, 15) is 4.39 Å². The summed E-state index contributed by atoms with van der Waals surface area (Å²) in [5, 5.41) is 5.68. The largest absolute Gasteiger partial charge is 0.497 e. The molecule has 0 bridgehead atoms. The van der Waals surface area contributed by atoms with Gasteiger partial charge in [-0.2, -0.15) is 0 Å². The van der Waals surface area contributed by atoms with Gasteiger partial charge in [-0.1, -0.05) is 18.6 Å². The third-order valence-electron chi connectivity index (χ3n) is 6.27. The van der Waals surface area contributed by atoms with Gasteiger partial charge in [0.1, 0.15) is 28.9 Å². The SMILES string of the molecule is COc1ccc2c(-c3ccc(F)cc3)c(Nc3ccc(OCCN4CCCCC4)cc3)sc2c1. The summed E-state index contributed by atoms with van der Waals surface area (Å²) in [5.41, 5.74) is 3.01. The van der Waals surface area contributed by atoms with E-state index < -0.39 is 0 Å². The van der Waals surface area contributed by atoms with Crippen LogP contribution in [0.4, 0.5) is 15.1 Å². The van der Waals surface area contributed by atoms with Crippen LogP contribution in [0.3, 0.4) is 0 Å². The van der Waals surface area contributed by atoms with Crippen molar-refractivity contribution in [2.75, 3.05) is 38.7 Å². The van der Waals surface area contributed by atoms with Gasteiger partial charge in [0.05, 0.1) is 7.11 Å². The Hall–Kier alpha value is -3.09. The Morgan fingerprint density at radius 1 is 0.912 bits per heavy atom. The highest BCUT2D eigenvalue weighted by Gasteiger charge is 2.16. The monoisotopic (exact) mass is 476 g/mol. The number of hydrogen-bond acceptors (Lipinski definition) is 5. The summed E-state index contributed by atoms with van der Waals surface area (Å²) in [6.07, 6.45) is 3.94. The molecule has 0 saturated carbocycles. The van der Waals surface area contributed by atoms with Crippen molar-refractivity contribution in [1.29, 1.82) is 0 Å². The van der Waals surface area contributed by atoms with Crippen molar-refractivity contribution in [2.24, 2.45) is 0 Å². The Morgan fingerprint density at radius 3 is 2.38 bits per heavy atom. The smallest absolute Gasteiger partial charge is 0.123 e. The number of thiophene rings is 1. The number of methoxy groups -OCH3 is 1. The van der Waals surface area contributed by atoms with Crippen LogP contribution in [0, 0.1) is 5.82 Å². The lowest BCUT2D eigenvalue weighted by Gasteiger charge is -2.26. The normalized spacial score (nSPS) is 14.3. The van der Waals surface area contributed by atoms with E-state index in [-0.39, 0.29) is 5.82 Å². The van der Waals surface area contributed by atoms with Gasteiger partial charge >= 0.3 is 0 Å². The Kier molecular flexibility index (Phi) is 6.97. The number of likely N-dealkylation sites (tertiary alicyclic amines) is 1. The molecular formula is C28H29FN2O2S. The van der Waals surface area contributed by atoms with Gasteiger partial charge in [-0.15, -0.1) is 11.3 Å². The summed E-state index contributed by atoms with van der Waals surface area (Å²) >= 11 is 1.66. The van der Waals surface area contributed by atoms with Gasteiger partial charge in [-0.05, 0) is 86.1 Å². The van der Waals surface area contributed by atoms with Crippen LogP contribution in [-0.2, 0) is 0 Å². The van der Waals surface area contributed by atoms with Crippen LogP contribution >= 0.6 is 11.3 Å². The Balaban J connectivity index is 1.34. The first kappa shape index (κ1) is 22.7. The number of nitrogens with one attached hydrogen (secondary N) is 1. The van der Waals surface area contributed by atoms with E-state index in [1.54, 1.807) is 18.4 Å². The molecule has 3 aromatic carbocycles. The van der Waals surface area contributed by atoms with Crippen molar-refractivity contribution in [1.82, 2.24) is 4.90 Å². The van der Waals surface area contributed by atoms with Crippen LogP contribution in [0.5, 0.6) is 11.5 Å². The molecule has 1 saturated heterocycles. The fourth-order valence-electron chi connectivity index (χ4n) is 4.44. The quantitative estimate of drug-likeness (QED) is 0.289. The van der Waals surface area contributed by atoms with E-state index in [1.807, 2.05) is 48.5 Å². The van der Waals surface area contributed by atoms with Gasteiger partial charge < -0.3 is 14.8 Å². The lowest BCUT2D eigenvalue weighted by atomic mass is 10.0. The summed E-state index contributed by atoms with van der Waals surface area (Å²) in [6.45, 7) is 4.05. The number of halogens is 1. The van der Waals surface area contributed by atoms with Crippen molar-refractivity contribution in [3.63, 3.8) is 0 Å². The molecule has 6 heteroatoms. The number of benzene rings is 3. The summed E-state index contributed by atoms with van der Waals surface area (Å²) in [4.78, 5) is 2.48. The number of nitrogens with zero attached hydrogens (tertiary/aromatic N) is 1. The highest BCUT2D eigenvalue weighted by molar-refractivity contribution is 7.23. The van der Waals surface area contributed by atoms with E-state index in [1.165, 1.54) is 44.5 Å². The number of ether oxygens (including phenoxy) is 2. The first-order valence-electron chi connectivity index (χ1n) is 11.8. The zero-order valence-corrected chi connectivity index (χ0v) is 20.2. The first-order valence-corrected chi connectivity index (χ1v) is 12.6. The molecule has 2 heterocycles. The van der Waals surface area contributed by atoms with Crippen molar-refractivity contribution in [3.8, 4) is 22.6 Å². The van der Waals surface area contributed by atoms with Gasteiger partial charge in [-0.25, -0.2) is 4.39 Å². The van der Waals surface area contributed by atoms with Crippen LogP contribution in [0.2, 0.25) is 0 Å². The minimum atomic E-state index is -0.240. The summed E-state index contributed by atoms with van der Waals surface area (Å²) in [6, 6.07) is 20.8. The predicted molar refractivity (Wildman–Crippen MR) is 139 cm³/mol. The second kappa shape index (κ2) is 10.5. The molecule has 1 aliphatic rings. The fourth-order valence-corrected chi connectivity index (χ4v) is 5.61. The van der Waals surface area contributed by atoms with Crippen molar-refractivity contribution in [3.05, 3.63) is 72.5 Å². The van der Waals surface area contributed by atoms with Gasteiger partial charge in [-0.3, -0.25) is 4.90 Å². The fraction of sp³-hybridized carbons (Fsp3) is 0.286. The Bertz CT molecular complexity index is 1230. The molecule has 0 radical (unpaired) electrons. The minimum absolute atomic E-state index is 0.240. The molecule has 1 fully saturated rings. The molecule has 176 valence electrons. The van der Waals surface area contributed by atoms with E-state index in [0.717, 1.165) is 49.9 Å². The third-order valence-corrected chi connectivity index (χ3v) is 7.34. The van der Waals surface area contributed by atoms with Crippen LogP contribution in [0.25, 0.3) is 21.2 Å². The number of fused-ring (bicyclic) bond motifs is 1. The van der Waals surface area contributed by atoms with Crippen LogP contribution in [0.15, 0.2) is 66.7 Å². The summed E-state index contributed by atoms with van der Waals surface area (Å²) in [7, 11) is 1.67.